The maximum atomic E-state index is 8.91. The summed E-state index contributed by atoms with van der Waals surface area (Å²) in [4.78, 5) is 7.19. The van der Waals surface area contributed by atoms with Crippen molar-refractivity contribution in [1.29, 1.82) is 0.594 Å². The number of para-hydroxylation sites is 2. The number of benzene rings is 10. The van der Waals surface area contributed by atoms with Gasteiger partial charge in [-0.05, 0) is 188 Å². The van der Waals surface area contributed by atoms with Crippen LogP contribution in [-0.4, -0.2) is 5.52 Å². The van der Waals surface area contributed by atoms with E-state index in [9.17, 15) is 0 Å². The standard InChI is InChI=1S/C39H41ClN2.C27H31Cl2N.C13H12.CH3I.HI/c1-28-26-35(41(31-14-10-8-11-15-31)32-16-12-9-13-17-32)37(40)36(27-28)42(33-22-18-29(19-23-33)38(2,3)4)34-24-20-30(21-25-34)39(5,6)7;1-18-16-23(28)25(29)24(17-18)30(21-12-8-19(9-13-21)26(2,3)4)22-14-10-20(11-15-22)27(5,6)7;1-3-7-12(8-4-1)11-13-9-5-2-6-10-13;1-2;/h8-27H,1-7H3;8-17H,1-7H3;1-10H,11H2;1H3;1H/i8D,9D,10D,11D,12D,13D,14D,15D,16D,17D;;1D,2D,3D,4D,5D,6D,7D,8D,9D,10D;;/hD. The van der Waals surface area contributed by atoms with Crippen molar-refractivity contribution in [3.8, 4) is 0 Å². The van der Waals surface area contributed by atoms with Crippen molar-refractivity contribution in [3.05, 3.63) is 302 Å². The highest BCUT2D eigenvalue weighted by atomic mass is 127. The fraction of sp³-hybridized carbons (Fsp3) is 0.250. The van der Waals surface area contributed by atoms with Gasteiger partial charge in [0.25, 0.3) is 0 Å². The molecule has 0 heterocycles. The number of alkyl halides is 1. The number of nitrogens with zero attached hydrogens (tertiary/aromatic N) is 3. The number of hydrogen-bond acceptors (Lipinski definition) is 3. The lowest BCUT2D eigenvalue weighted by Gasteiger charge is -2.32. The first-order chi connectivity index (χ1) is 50.5. The van der Waals surface area contributed by atoms with Crippen LogP contribution < -0.4 is 14.7 Å². The Morgan fingerprint density at radius 3 is 0.830 bits per heavy atom. The second kappa shape index (κ2) is 31.6. The van der Waals surface area contributed by atoms with E-state index in [1.807, 2.05) is 77.4 Å². The highest BCUT2D eigenvalue weighted by Gasteiger charge is 2.26. The Kier molecular flexibility index (Phi) is 16.5. The molecule has 0 fully saturated rings. The van der Waals surface area contributed by atoms with Crippen LogP contribution in [0.5, 0.6) is 0 Å². The van der Waals surface area contributed by atoms with Gasteiger partial charge in [0, 0.05) is 34.1 Å². The molecule has 458 valence electrons. The molecule has 0 bridgehead atoms. The topological polar surface area (TPSA) is 9.72 Å². The van der Waals surface area contributed by atoms with Crippen molar-refractivity contribution in [2.75, 3.05) is 19.6 Å². The summed E-state index contributed by atoms with van der Waals surface area (Å²) >= 11 is 24.1. The average Bonchev–Trinajstić information content (AvgIpc) is 0.733. The van der Waals surface area contributed by atoms with Crippen LogP contribution >= 0.6 is 81.2 Å². The number of rotatable bonds is 11. The van der Waals surface area contributed by atoms with Gasteiger partial charge in [-0.2, -0.15) is 0 Å². The quantitative estimate of drug-likeness (QED) is 0.0944. The minimum atomic E-state index is -0.656. The molecule has 3 nitrogen and oxygen atoms in total. The van der Waals surface area contributed by atoms with Crippen molar-refractivity contribution in [1.82, 2.24) is 0 Å². The normalized spacial score (nSPS) is 14.6. The first-order valence-electron chi connectivity index (χ1n) is 38.6. The molecular formula is C80H88Cl3I2N3. The maximum absolute atomic E-state index is 8.91. The molecule has 0 saturated carbocycles. The summed E-state index contributed by atoms with van der Waals surface area (Å²) in [5.41, 5.74) is 10.5. The van der Waals surface area contributed by atoms with Gasteiger partial charge in [-0.1, -0.05) is 286 Å². The van der Waals surface area contributed by atoms with Crippen molar-refractivity contribution in [3.63, 3.8) is 0 Å². The predicted octanol–water partition coefficient (Wildman–Crippen LogP) is 26.5. The molecule has 10 rings (SSSR count). The molecule has 0 aromatic heterocycles. The molecule has 0 spiro atoms. The van der Waals surface area contributed by atoms with E-state index in [-0.39, 0.29) is 49.9 Å². The molecule has 88 heavy (non-hydrogen) atoms. The number of anilines is 9. The lowest BCUT2D eigenvalue weighted by Crippen LogP contribution is -2.16. The minimum absolute atomic E-state index is 0.0454. The summed E-state index contributed by atoms with van der Waals surface area (Å²) in [6, 6.07) is 29.6. The van der Waals surface area contributed by atoms with Gasteiger partial charge in [-0.15, -0.1) is 23.8 Å². The van der Waals surface area contributed by atoms with E-state index in [0.717, 1.165) is 50.0 Å². The van der Waals surface area contributed by atoms with Crippen molar-refractivity contribution < 1.29 is 27.4 Å². The Balaban J connectivity index is 0.000000274. The molecule has 0 N–H and O–H groups in total. The van der Waals surface area contributed by atoms with E-state index in [4.69, 9.17) is 62.8 Å². The Bertz CT molecular complexity index is 4620. The Morgan fingerprint density at radius 2 is 0.568 bits per heavy atom. The van der Waals surface area contributed by atoms with Gasteiger partial charge in [0.2, 0.25) is 0 Å². The zero-order valence-corrected chi connectivity index (χ0v) is 59.1. The summed E-state index contributed by atoms with van der Waals surface area (Å²) in [5, 5.41) is 1.17. The molecule has 0 amide bonds. The average molecular weight is 1470 g/mol. The van der Waals surface area contributed by atoms with Crippen LogP contribution in [0.4, 0.5) is 51.2 Å². The third-order valence-electron chi connectivity index (χ3n) is 13.9. The molecule has 0 aliphatic heterocycles. The first kappa shape index (κ1) is 46.1. The lowest BCUT2D eigenvalue weighted by atomic mass is 9.86. The SMILES string of the molecule is CI.Cc1cc(Cl)c(Cl)c(N(c2ccc(C(C)(C)C)cc2)c2ccc(C(C)(C)C)cc2)c1.[2H]I.[2H]c1c([2H])c([2H])c(Cc2c([2H])c([2H])c([2H])c([2H])c2[2H])c([2H])c1[2H].[2H]c1c([2H])c([2H])c(N(c2cc(C)cc(N(c3ccc(C(C)(C)C)cc3)c3ccc(C(C)(C)C)cc3)c2Cl)c2c([2H])c([2H])c([2H])c([2H])c2[2H])c([2H])c1[2H]. The second-order valence-electron chi connectivity index (χ2n) is 24.7. The lowest BCUT2D eigenvalue weighted by molar-refractivity contribution is 0.590. The highest BCUT2D eigenvalue weighted by molar-refractivity contribution is 14.1. The Labute approximate surface area is 602 Å². The monoisotopic (exact) mass is 1470 g/mol. The number of halogens is 5. The van der Waals surface area contributed by atoms with E-state index in [1.165, 1.54) is 34.9 Å². The molecule has 0 atom stereocenters. The van der Waals surface area contributed by atoms with E-state index in [0.29, 0.717) is 21.3 Å². The fourth-order valence-corrected chi connectivity index (χ4v) is 9.93. The highest BCUT2D eigenvalue weighted by Crippen LogP contribution is 2.48. The minimum Gasteiger partial charge on any atom is -0.309 e. The predicted molar refractivity (Wildman–Crippen MR) is 407 cm³/mol. The number of hydrogen-bond donors (Lipinski definition) is 0. The molecule has 0 aliphatic carbocycles. The maximum Gasteiger partial charge on any atom is 0.107 e. The van der Waals surface area contributed by atoms with E-state index < -0.39 is 132 Å². The van der Waals surface area contributed by atoms with Crippen molar-refractivity contribution >= 4 is 132 Å². The van der Waals surface area contributed by atoms with E-state index >= 15 is 0 Å². The Hall–Kier alpha value is -6.07. The molecule has 0 radical (unpaired) electrons. The molecule has 0 unspecified atom stereocenters. The summed E-state index contributed by atoms with van der Waals surface area (Å²) in [7, 11) is 0. The summed E-state index contributed by atoms with van der Waals surface area (Å²) in [5.74, 6) is 0. The summed E-state index contributed by atoms with van der Waals surface area (Å²) in [6.07, 6.45) is -0.342. The molecular weight excluding hydrogens is 1360 g/mol. The first-order valence-corrected chi connectivity index (χ1v) is 31.6. The molecule has 10 aromatic carbocycles. The second-order valence-corrected chi connectivity index (χ2v) is 25.9. The third kappa shape index (κ3) is 19.0. The largest absolute Gasteiger partial charge is 0.309 e. The molecule has 0 aliphatic rings. The zero-order chi connectivity index (χ0) is 82.7. The van der Waals surface area contributed by atoms with Crippen LogP contribution in [0.2, 0.25) is 15.1 Å². The van der Waals surface area contributed by atoms with Crippen LogP contribution in [0, 0.1) is 13.8 Å². The molecule has 0 saturated heterocycles. The van der Waals surface area contributed by atoms with Gasteiger partial charge in [-0.25, -0.2) is 0 Å². The van der Waals surface area contributed by atoms with E-state index in [1.54, 1.807) is 13.0 Å². The molecule has 10 aromatic rings. The Morgan fingerprint density at radius 1 is 0.341 bits per heavy atom. The van der Waals surface area contributed by atoms with Gasteiger partial charge in [0.1, 0.15) is 0.594 Å². The van der Waals surface area contributed by atoms with Crippen LogP contribution in [0.25, 0.3) is 0 Å². The van der Waals surface area contributed by atoms with Crippen molar-refractivity contribution in [2.24, 2.45) is 0 Å². The van der Waals surface area contributed by atoms with Crippen LogP contribution in [0.15, 0.2) is 242 Å². The summed E-state index contributed by atoms with van der Waals surface area (Å²) < 4.78 is 169. The van der Waals surface area contributed by atoms with Gasteiger partial charge < -0.3 is 14.7 Å². The van der Waals surface area contributed by atoms with Crippen LogP contribution in [0.1, 0.15) is 155 Å². The van der Waals surface area contributed by atoms with Gasteiger partial charge in [0.05, 0.1) is 59.5 Å². The van der Waals surface area contributed by atoms with Crippen molar-refractivity contribution in [2.45, 2.75) is 125 Å². The third-order valence-corrected chi connectivity index (χ3v) is 15.1. The van der Waals surface area contributed by atoms with Gasteiger partial charge >= 0.3 is 0 Å². The molecule has 8 heteroatoms. The fourth-order valence-electron chi connectivity index (χ4n) is 9.19. The van der Waals surface area contributed by atoms with Crippen LogP contribution in [0.3, 0.4) is 0 Å². The smallest absolute Gasteiger partial charge is 0.107 e. The summed E-state index contributed by atoms with van der Waals surface area (Å²) in [6.45, 7) is 29.9. The number of aryl methyl sites for hydroxylation is 2. The zero-order valence-electron chi connectivity index (χ0n) is 73.5. The van der Waals surface area contributed by atoms with E-state index in [2.05, 4.69) is 165 Å². The van der Waals surface area contributed by atoms with Crippen LogP contribution in [-0.2, 0) is 28.1 Å². The van der Waals surface area contributed by atoms with Gasteiger partial charge in [0.15, 0.2) is 0 Å². The van der Waals surface area contributed by atoms with Gasteiger partial charge in [-0.3, -0.25) is 0 Å².